The minimum Gasteiger partial charge on any atom is -0.327 e. The Morgan fingerprint density at radius 2 is 1.82 bits per heavy atom. The number of benzene rings is 1. The molecule has 2 N–H and O–H groups in total. The van der Waals surface area contributed by atoms with E-state index in [9.17, 15) is 0 Å². The van der Waals surface area contributed by atoms with Gasteiger partial charge in [-0.2, -0.15) is 0 Å². The molecule has 1 aromatic rings. The molecule has 0 spiro atoms. The van der Waals surface area contributed by atoms with Crippen LogP contribution in [0.25, 0.3) is 0 Å². The molecule has 98 valence electrons. The van der Waals surface area contributed by atoms with E-state index in [2.05, 4.69) is 46.8 Å². The van der Waals surface area contributed by atoms with Crippen molar-refractivity contribution in [3.63, 3.8) is 0 Å². The van der Waals surface area contributed by atoms with Gasteiger partial charge >= 0.3 is 0 Å². The minimum atomic E-state index is 0. The highest BCUT2D eigenvalue weighted by Gasteiger charge is 2.20. The molecule has 2 atom stereocenters. The van der Waals surface area contributed by atoms with Gasteiger partial charge in [0.2, 0.25) is 0 Å². The molecular formula is C16H29N. The van der Waals surface area contributed by atoms with Crippen LogP contribution in [-0.4, -0.2) is 6.04 Å². The van der Waals surface area contributed by atoms with Gasteiger partial charge in [-0.1, -0.05) is 38.0 Å². The van der Waals surface area contributed by atoms with Crippen LogP contribution in [0.1, 0.15) is 62.7 Å². The molecule has 0 aliphatic carbocycles. The zero-order valence-electron chi connectivity index (χ0n) is 12.0. The van der Waals surface area contributed by atoms with Crippen molar-refractivity contribution in [2.24, 2.45) is 5.73 Å². The Kier molecular flexibility index (Phi) is 5.20. The van der Waals surface area contributed by atoms with E-state index < -0.39 is 0 Å². The van der Waals surface area contributed by atoms with Gasteiger partial charge in [-0.15, -0.1) is 0 Å². The standard InChI is InChI=1S/C16H27N.H2/c1-6-8-14(16(17)7-2)15-10-11(3)9-12(4)13(15)5;/h9-10,14,16H,6-8,17H2,1-5H3;1H/t14-,16+;/m0./s1. The van der Waals surface area contributed by atoms with Crippen LogP contribution >= 0.6 is 0 Å². The highest BCUT2D eigenvalue weighted by atomic mass is 14.6. The van der Waals surface area contributed by atoms with Crippen LogP contribution in [0.3, 0.4) is 0 Å². The summed E-state index contributed by atoms with van der Waals surface area (Å²) in [7, 11) is 0. The molecule has 0 bridgehead atoms. The molecule has 17 heavy (non-hydrogen) atoms. The molecule has 0 aliphatic heterocycles. The molecule has 1 heteroatoms. The Morgan fingerprint density at radius 3 is 2.35 bits per heavy atom. The molecule has 0 fully saturated rings. The van der Waals surface area contributed by atoms with E-state index >= 15 is 0 Å². The van der Waals surface area contributed by atoms with Gasteiger partial charge in [0.1, 0.15) is 0 Å². The van der Waals surface area contributed by atoms with Gasteiger partial charge in [0, 0.05) is 7.47 Å². The van der Waals surface area contributed by atoms with Crippen molar-refractivity contribution < 1.29 is 1.43 Å². The largest absolute Gasteiger partial charge is 0.327 e. The number of nitrogens with two attached hydrogens (primary N) is 1. The van der Waals surface area contributed by atoms with Crippen molar-refractivity contribution in [3.8, 4) is 0 Å². The molecule has 0 saturated carbocycles. The second-order valence-corrected chi connectivity index (χ2v) is 5.26. The molecule has 1 aromatic carbocycles. The first kappa shape index (κ1) is 14.2. The van der Waals surface area contributed by atoms with Crippen molar-refractivity contribution in [3.05, 3.63) is 34.4 Å². The maximum atomic E-state index is 6.30. The molecule has 0 aliphatic rings. The average molecular weight is 235 g/mol. The van der Waals surface area contributed by atoms with Crippen LogP contribution in [0.4, 0.5) is 0 Å². The normalized spacial score (nSPS) is 14.7. The Morgan fingerprint density at radius 1 is 1.18 bits per heavy atom. The lowest BCUT2D eigenvalue weighted by molar-refractivity contribution is 0.481. The van der Waals surface area contributed by atoms with E-state index in [1.807, 2.05) is 0 Å². The summed E-state index contributed by atoms with van der Waals surface area (Å²) in [5.74, 6) is 0.517. The zero-order valence-corrected chi connectivity index (χ0v) is 12.0. The maximum Gasteiger partial charge on any atom is 0.0105 e. The summed E-state index contributed by atoms with van der Waals surface area (Å²) in [6, 6.07) is 4.88. The summed E-state index contributed by atoms with van der Waals surface area (Å²) in [6.45, 7) is 11.0. The predicted molar refractivity (Wildman–Crippen MR) is 78.7 cm³/mol. The van der Waals surface area contributed by atoms with Crippen molar-refractivity contribution >= 4 is 0 Å². The van der Waals surface area contributed by atoms with Crippen LogP contribution < -0.4 is 5.73 Å². The number of hydrogen-bond acceptors (Lipinski definition) is 1. The predicted octanol–water partition coefficient (Wildman–Crippen LogP) is 4.48. The number of hydrogen-bond donors (Lipinski definition) is 1. The monoisotopic (exact) mass is 235 g/mol. The smallest absolute Gasteiger partial charge is 0.0105 e. The van der Waals surface area contributed by atoms with Gasteiger partial charge in [-0.25, -0.2) is 0 Å². The van der Waals surface area contributed by atoms with Gasteiger partial charge in [-0.05, 0) is 56.2 Å². The second-order valence-electron chi connectivity index (χ2n) is 5.26. The molecule has 0 saturated heterocycles. The topological polar surface area (TPSA) is 26.0 Å². The summed E-state index contributed by atoms with van der Waals surface area (Å²) in [4.78, 5) is 0. The van der Waals surface area contributed by atoms with Crippen molar-refractivity contribution in [1.29, 1.82) is 0 Å². The molecular weight excluding hydrogens is 206 g/mol. The van der Waals surface area contributed by atoms with Crippen molar-refractivity contribution in [1.82, 2.24) is 0 Å². The van der Waals surface area contributed by atoms with Crippen LogP contribution in [0.15, 0.2) is 12.1 Å². The summed E-state index contributed by atoms with van der Waals surface area (Å²) in [6.07, 6.45) is 3.45. The van der Waals surface area contributed by atoms with Crippen LogP contribution in [0, 0.1) is 20.8 Å². The lowest BCUT2D eigenvalue weighted by Gasteiger charge is -2.26. The first-order chi connectivity index (χ1) is 8.01. The fourth-order valence-corrected chi connectivity index (χ4v) is 2.65. The van der Waals surface area contributed by atoms with E-state index in [0.29, 0.717) is 5.92 Å². The number of aryl methyl sites for hydroxylation is 2. The van der Waals surface area contributed by atoms with Crippen LogP contribution in [0.5, 0.6) is 0 Å². The third-order valence-electron chi connectivity index (χ3n) is 3.84. The minimum absolute atomic E-state index is 0. The fourth-order valence-electron chi connectivity index (χ4n) is 2.65. The van der Waals surface area contributed by atoms with E-state index in [0.717, 1.165) is 6.42 Å². The van der Waals surface area contributed by atoms with E-state index in [1.165, 1.54) is 35.1 Å². The maximum absolute atomic E-state index is 6.30. The lowest BCUT2D eigenvalue weighted by atomic mass is 9.82. The molecule has 0 aromatic heterocycles. The average Bonchev–Trinajstić information content (AvgIpc) is 2.30. The Hall–Kier alpha value is -0.820. The summed E-state index contributed by atoms with van der Waals surface area (Å²) < 4.78 is 0. The third-order valence-corrected chi connectivity index (χ3v) is 3.84. The second kappa shape index (κ2) is 6.20. The SMILES string of the molecule is CCC[C@@H](c1cc(C)cc(C)c1C)[C@H](N)CC.[HH]. The van der Waals surface area contributed by atoms with E-state index in [4.69, 9.17) is 5.73 Å². The van der Waals surface area contributed by atoms with Crippen LogP contribution in [-0.2, 0) is 0 Å². The highest BCUT2D eigenvalue weighted by Crippen LogP contribution is 2.30. The van der Waals surface area contributed by atoms with Gasteiger partial charge in [0.25, 0.3) is 0 Å². The van der Waals surface area contributed by atoms with Crippen molar-refractivity contribution in [2.45, 2.75) is 65.8 Å². The van der Waals surface area contributed by atoms with E-state index in [-0.39, 0.29) is 7.47 Å². The van der Waals surface area contributed by atoms with Crippen LogP contribution in [0.2, 0.25) is 0 Å². The van der Waals surface area contributed by atoms with Gasteiger partial charge in [0.15, 0.2) is 0 Å². The lowest BCUT2D eigenvalue weighted by Crippen LogP contribution is -2.28. The first-order valence-corrected chi connectivity index (χ1v) is 6.84. The fraction of sp³-hybridized carbons (Fsp3) is 0.625. The van der Waals surface area contributed by atoms with Gasteiger partial charge in [-0.3, -0.25) is 0 Å². The Bertz CT molecular complexity index is 374. The Balaban J connectivity index is 0.00000289. The van der Waals surface area contributed by atoms with Gasteiger partial charge < -0.3 is 5.73 Å². The van der Waals surface area contributed by atoms with E-state index in [1.54, 1.807) is 0 Å². The molecule has 0 amide bonds. The first-order valence-electron chi connectivity index (χ1n) is 6.84. The number of rotatable bonds is 5. The third kappa shape index (κ3) is 3.32. The van der Waals surface area contributed by atoms with Gasteiger partial charge in [0.05, 0.1) is 0 Å². The van der Waals surface area contributed by atoms with Crippen molar-refractivity contribution in [2.75, 3.05) is 0 Å². The summed E-state index contributed by atoms with van der Waals surface area (Å²) in [5, 5.41) is 0. The highest BCUT2D eigenvalue weighted by molar-refractivity contribution is 5.40. The molecule has 0 unspecified atom stereocenters. The Labute approximate surface area is 108 Å². The molecule has 1 nitrogen and oxygen atoms in total. The molecule has 0 radical (unpaired) electrons. The molecule has 1 rings (SSSR count). The summed E-state index contributed by atoms with van der Waals surface area (Å²) in [5.41, 5.74) is 12.0. The zero-order chi connectivity index (χ0) is 13.0. The quantitative estimate of drug-likeness (QED) is 0.800. The molecule has 0 heterocycles. The summed E-state index contributed by atoms with van der Waals surface area (Å²) >= 11 is 0.